The van der Waals surface area contributed by atoms with Gasteiger partial charge in [-0.25, -0.2) is 0 Å². The van der Waals surface area contributed by atoms with E-state index in [4.69, 9.17) is 40.1 Å². The second-order valence-electron chi connectivity index (χ2n) is 7.52. The first kappa shape index (κ1) is 19.2. The van der Waals surface area contributed by atoms with Crippen LogP contribution in [0.3, 0.4) is 0 Å². The largest absolute Gasteiger partial charge is 0.322 e. The van der Waals surface area contributed by atoms with Crippen LogP contribution in [0, 0.1) is 10.8 Å². The van der Waals surface area contributed by atoms with Gasteiger partial charge >= 0.3 is 0 Å². The van der Waals surface area contributed by atoms with Crippen LogP contribution in [-0.2, 0) is 0 Å². The maximum atomic E-state index is 6.74. The van der Waals surface area contributed by atoms with Crippen LogP contribution in [0.25, 0.3) is 0 Å². The van der Waals surface area contributed by atoms with Gasteiger partial charge < -0.3 is 40.1 Å². The first-order valence-electron chi connectivity index (χ1n) is 7.36. The van der Waals surface area contributed by atoms with E-state index < -0.39 is 33.4 Å². The molecule has 1 rings (SSSR count). The Labute approximate surface area is 133 Å². The summed E-state index contributed by atoms with van der Waals surface area (Å²) in [4.78, 5) is 0. The van der Waals surface area contributed by atoms with Gasteiger partial charge in [0, 0.05) is 10.8 Å². The Morgan fingerprint density at radius 1 is 0.682 bits per heavy atom. The summed E-state index contributed by atoms with van der Waals surface area (Å²) in [7, 11) is 0. The average Bonchev–Trinajstić information content (AvgIpc) is 2.36. The molecule has 0 amide bonds. The van der Waals surface area contributed by atoms with Gasteiger partial charge in [-0.15, -0.1) is 13.2 Å². The van der Waals surface area contributed by atoms with Crippen molar-refractivity contribution in [3.63, 3.8) is 0 Å². The second-order valence-corrected chi connectivity index (χ2v) is 7.52. The van der Waals surface area contributed by atoms with Gasteiger partial charge in [-0.3, -0.25) is 0 Å². The van der Waals surface area contributed by atoms with Crippen molar-refractivity contribution in [2.75, 3.05) is 0 Å². The fourth-order valence-corrected chi connectivity index (χ4v) is 3.96. The molecular weight excluding hydrogens is 278 g/mol. The van der Waals surface area contributed by atoms with Gasteiger partial charge in [0.05, 0.1) is 11.2 Å². The molecule has 7 nitrogen and oxygen atoms in total. The van der Waals surface area contributed by atoms with E-state index in [1.54, 1.807) is 32.9 Å². The summed E-state index contributed by atoms with van der Waals surface area (Å²) < 4.78 is 0. The summed E-state index contributed by atoms with van der Waals surface area (Å²) in [6.45, 7) is 12.8. The van der Waals surface area contributed by atoms with Crippen LogP contribution < -0.4 is 40.1 Å². The lowest BCUT2D eigenvalue weighted by Gasteiger charge is -2.74. The number of rotatable bonds is 4. The fraction of sp³-hybridized carbons (Fsp3) is 0.733. The number of hydrogen-bond donors (Lipinski definition) is 7. The van der Waals surface area contributed by atoms with E-state index in [-0.39, 0.29) is 0 Å². The van der Waals surface area contributed by atoms with E-state index in [9.17, 15) is 0 Å². The molecule has 0 radical (unpaired) electrons. The Morgan fingerprint density at radius 3 is 1.45 bits per heavy atom. The van der Waals surface area contributed by atoms with E-state index in [1.165, 1.54) is 0 Å². The normalized spacial score (nSPS) is 38.3. The highest BCUT2D eigenvalue weighted by Crippen LogP contribution is 2.59. The molecule has 22 heavy (non-hydrogen) atoms. The summed E-state index contributed by atoms with van der Waals surface area (Å²) in [5.74, 6) is 0. The van der Waals surface area contributed by atoms with Gasteiger partial charge in [-0.05, 0) is 12.8 Å². The lowest BCUT2D eigenvalue weighted by Crippen LogP contribution is -3.02. The van der Waals surface area contributed by atoms with Crippen LogP contribution in [0.2, 0.25) is 0 Å². The Morgan fingerprint density at radius 2 is 1.09 bits per heavy atom. The van der Waals surface area contributed by atoms with Crippen molar-refractivity contribution in [2.45, 2.75) is 56.1 Å². The van der Waals surface area contributed by atoms with Crippen molar-refractivity contribution < 1.29 is 0 Å². The molecule has 0 bridgehead atoms. The van der Waals surface area contributed by atoms with Gasteiger partial charge in [0.1, 0.15) is 11.3 Å². The minimum atomic E-state index is -1.56. The van der Waals surface area contributed by atoms with Gasteiger partial charge in [0.25, 0.3) is 0 Å². The zero-order chi connectivity index (χ0) is 17.8. The predicted molar refractivity (Wildman–Crippen MR) is 91.8 cm³/mol. The average molecular weight is 311 g/mol. The van der Waals surface area contributed by atoms with Crippen LogP contribution >= 0.6 is 0 Å². The molecule has 0 aromatic rings. The topological polar surface area (TPSA) is 182 Å². The third-order valence-corrected chi connectivity index (χ3v) is 6.41. The van der Waals surface area contributed by atoms with Crippen molar-refractivity contribution in [3.05, 3.63) is 25.3 Å². The molecule has 0 heterocycles. The monoisotopic (exact) mass is 311 g/mol. The van der Waals surface area contributed by atoms with E-state index >= 15 is 0 Å². The molecule has 0 saturated heterocycles. The van der Waals surface area contributed by atoms with Gasteiger partial charge in [-0.1, -0.05) is 32.9 Å². The minimum Gasteiger partial charge on any atom is -0.322 e. The molecule has 0 aliphatic heterocycles. The molecule has 0 aromatic heterocycles. The first-order chi connectivity index (χ1) is 9.62. The second kappa shape index (κ2) is 4.85. The molecule has 7 heteroatoms. The fourth-order valence-electron chi connectivity index (χ4n) is 3.96. The highest BCUT2D eigenvalue weighted by atomic mass is 15.3. The zero-order valence-electron chi connectivity index (χ0n) is 14.0. The van der Waals surface area contributed by atoms with Crippen LogP contribution in [0.5, 0.6) is 0 Å². The SMILES string of the molecule is C=CCC1(C)C(N)(N)C(N)(N)C(C)(C)C(N)(N)C1(N)CC=C. The quantitative estimate of drug-likeness (QED) is 0.249. The molecule has 1 fully saturated rings. The number of hydrogen-bond acceptors (Lipinski definition) is 7. The highest BCUT2D eigenvalue weighted by Gasteiger charge is 2.78. The molecule has 2 atom stereocenters. The van der Waals surface area contributed by atoms with Crippen molar-refractivity contribution in [3.8, 4) is 0 Å². The first-order valence-corrected chi connectivity index (χ1v) is 7.36. The molecule has 2 unspecified atom stereocenters. The van der Waals surface area contributed by atoms with Crippen LogP contribution in [0.1, 0.15) is 33.6 Å². The zero-order valence-corrected chi connectivity index (χ0v) is 14.0. The van der Waals surface area contributed by atoms with Crippen LogP contribution in [0.4, 0.5) is 0 Å². The highest BCUT2D eigenvalue weighted by molar-refractivity contribution is 5.36. The van der Waals surface area contributed by atoms with Crippen LogP contribution in [-0.4, -0.2) is 22.5 Å². The summed E-state index contributed by atoms with van der Waals surface area (Å²) in [6.07, 6.45) is 3.98. The van der Waals surface area contributed by atoms with Gasteiger partial charge in [-0.2, -0.15) is 0 Å². The molecule has 14 N–H and O–H groups in total. The molecule has 1 aliphatic carbocycles. The smallest absolute Gasteiger partial charge is 0.105 e. The Balaban J connectivity index is 3.87. The molecular formula is C15H33N7. The van der Waals surface area contributed by atoms with Gasteiger partial charge in [0.15, 0.2) is 0 Å². The molecule has 0 spiro atoms. The number of nitrogens with two attached hydrogens (primary N) is 7. The number of allylic oxidation sites excluding steroid dienone is 1. The predicted octanol–water partition coefficient (Wildman–Crippen LogP) is -1.28. The van der Waals surface area contributed by atoms with Crippen molar-refractivity contribution in [1.82, 2.24) is 0 Å². The van der Waals surface area contributed by atoms with Gasteiger partial charge in [0.2, 0.25) is 0 Å². The third kappa shape index (κ3) is 1.70. The Hall–Kier alpha value is -0.800. The molecule has 128 valence electrons. The van der Waals surface area contributed by atoms with Crippen molar-refractivity contribution >= 4 is 0 Å². The van der Waals surface area contributed by atoms with E-state index in [0.29, 0.717) is 12.8 Å². The van der Waals surface area contributed by atoms with Crippen molar-refractivity contribution in [1.29, 1.82) is 0 Å². The molecule has 1 saturated carbocycles. The molecule has 0 aromatic carbocycles. The lowest BCUT2D eigenvalue weighted by molar-refractivity contribution is -0.175. The minimum absolute atomic E-state index is 0.306. The third-order valence-electron chi connectivity index (χ3n) is 6.41. The van der Waals surface area contributed by atoms with Crippen molar-refractivity contribution in [2.24, 2.45) is 51.0 Å². The lowest BCUT2D eigenvalue weighted by atomic mass is 9.40. The summed E-state index contributed by atoms with van der Waals surface area (Å²) in [5.41, 5.74) is 37.7. The Kier molecular flexibility index (Phi) is 4.24. The maximum Gasteiger partial charge on any atom is 0.105 e. The van der Waals surface area contributed by atoms with E-state index in [1.807, 2.05) is 0 Å². The standard InChI is InChI=1S/C15H33N7/c1-6-8-11(5)12(16,9-7-2)13(17,18)10(3,4)14(19,20)15(11,21)22/h6-7H,1-2,8-9,16-22H2,3-5H3. The summed E-state index contributed by atoms with van der Waals surface area (Å²) >= 11 is 0. The summed E-state index contributed by atoms with van der Waals surface area (Å²) in [5, 5.41) is 0. The summed E-state index contributed by atoms with van der Waals surface area (Å²) in [6, 6.07) is 0. The van der Waals surface area contributed by atoms with E-state index in [0.717, 1.165) is 0 Å². The van der Waals surface area contributed by atoms with E-state index in [2.05, 4.69) is 13.2 Å². The Bertz CT molecular complexity index is 436. The molecule has 1 aliphatic rings. The maximum absolute atomic E-state index is 6.74. The van der Waals surface area contributed by atoms with Crippen LogP contribution in [0.15, 0.2) is 25.3 Å².